The monoisotopic (exact) mass is 456 g/mol. The zero-order valence-corrected chi connectivity index (χ0v) is 18.5. The van der Waals surface area contributed by atoms with Gasteiger partial charge in [0.2, 0.25) is 0 Å². The third kappa shape index (κ3) is 4.77. The first-order valence-corrected chi connectivity index (χ1v) is 11.3. The van der Waals surface area contributed by atoms with Gasteiger partial charge in [-0.25, -0.2) is 0 Å². The summed E-state index contributed by atoms with van der Waals surface area (Å²) in [5.74, 6) is 0.195. The van der Waals surface area contributed by atoms with Crippen LogP contribution in [0.2, 0.25) is 0 Å². The third-order valence-corrected chi connectivity index (χ3v) is 7.00. The average molecular weight is 457 g/mol. The molecule has 2 aromatic carbocycles. The molecule has 0 unspecified atom stereocenters. The van der Waals surface area contributed by atoms with Crippen LogP contribution >= 0.6 is 0 Å². The molecule has 0 heterocycles. The number of carbonyl (C=O) groups is 1. The van der Waals surface area contributed by atoms with E-state index in [0.717, 1.165) is 44.1 Å². The number of hydrogen-bond acceptors (Lipinski definition) is 3. The lowest BCUT2D eigenvalue weighted by Gasteiger charge is -2.37. The highest BCUT2D eigenvalue weighted by Gasteiger charge is 2.51. The van der Waals surface area contributed by atoms with Crippen molar-refractivity contribution in [3.63, 3.8) is 0 Å². The van der Waals surface area contributed by atoms with Crippen molar-refractivity contribution in [1.82, 2.24) is 4.90 Å². The maximum absolute atomic E-state index is 13.3. The number of carbonyl (C=O) groups excluding carboxylic acids is 1. The molecule has 0 saturated heterocycles. The molecule has 0 spiro atoms. The molecule has 2 saturated carbocycles. The highest BCUT2D eigenvalue weighted by Crippen LogP contribution is 2.41. The molecule has 1 N–H and O–H groups in total. The van der Waals surface area contributed by atoms with Crippen LogP contribution in [0.1, 0.15) is 78.4 Å². The first-order valence-electron chi connectivity index (χ1n) is 11.3. The second kappa shape index (κ2) is 8.83. The Balaban J connectivity index is 1.46. The molecule has 0 aromatic heterocycles. The molecule has 2 aliphatic rings. The van der Waals surface area contributed by atoms with Crippen LogP contribution in [-0.2, 0) is 5.60 Å². The van der Waals surface area contributed by atoms with Gasteiger partial charge in [-0.2, -0.15) is 18.4 Å². The van der Waals surface area contributed by atoms with Crippen molar-refractivity contribution >= 4 is 5.91 Å². The number of nitriles is 1. The first kappa shape index (κ1) is 23.3. The van der Waals surface area contributed by atoms with Crippen molar-refractivity contribution in [3.8, 4) is 6.07 Å². The molecule has 33 heavy (non-hydrogen) atoms. The zero-order valence-electron chi connectivity index (χ0n) is 18.5. The fourth-order valence-corrected chi connectivity index (χ4v) is 4.78. The van der Waals surface area contributed by atoms with Gasteiger partial charge in [0, 0.05) is 17.6 Å². The van der Waals surface area contributed by atoms with Crippen molar-refractivity contribution < 1.29 is 23.1 Å². The molecule has 1 atom stereocenters. The Morgan fingerprint density at radius 3 is 2.09 bits per heavy atom. The second-order valence-corrected chi connectivity index (χ2v) is 9.33. The summed E-state index contributed by atoms with van der Waals surface area (Å²) in [6.07, 6.45) is 0.624. The van der Waals surface area contributed by atoms with E-state index in [2.05, 4.69) is 6.07 Å². The van der Waals surface area contributed by atoms with E-state index < -0.39 is 11.8 Å². The molecule has 0 bridgehead atoms. The highest BCUT2D eigenvalue weighted by molar-refractivity contribution is 5.95. The van der Waals surface area contributed by atoms with Gasteiger partial charge >= 0.3 is 6.18 Å². The number of benzene rings is 2. The molecular weight excluding hydrogens is 429 g/mol. The number of nitrogens with zero attached hydrogens (tertiary/aromatic N) is 2. The van der Waals surface area contributed by atoms with E-state index in [4.69, 9.17) is 5.26 Å². The largest absolute Gasteiger partial charge is 0.421 e. The van der Waals surface area contributed by atoms with Crippen molar-refractivity contribution in [2.45, 2.75) is 75.2 Å². The van der Waals surface area contributed by atoms with E-state index in [0.29, 0.717) is 24.0 Å². The molecular formula is C26H27F3N2O2. The second-order valence-electron chi connectivity index (χ2n) is 9.33. The summed E-state index contributed by atoms with van der Waals surface area (Å²) in [6.45, 7) is 0.713. The maximum Gasteiger partial charge on any atom is 0.421 e. The van der Waals surface area contributed by atoms with Crippen LogP contribution in [0.5, 0.6) is 0 Å². The van der Waals surface area contributed by atoms with E-state index in [1.54, 1.807) is 6.07 Å². The number of rotatable bonds is 5. The number of amides is 1. The Labute approximate surface area is 191 Å². The summed E-state index contributed by atoms with van der Waals surface area (Å²) in [5, 5.41) is 19.0. The number of aliphatic hydroxyl groups is 1. The van der Waals surface area contributed by atoms with Gasteiger partial charge in [-0.15, -0.1) is 0 Å². The molecule has 0 aliphatic heterocycles. The standard InChI is InChI=1S/C26H27F3N2O2/c1-25(33,26(27,28)29)21-9-5-19(6-10-21)24(32)31(23-13-14-23)22-11-7-18(8-12-22)20-4-2-3-17(15-20)16-30/h2-6,9-10,15,18,22-23,33H,7-8,11-14H2,1H3/t18-,22+,25-/m0/s1. The summed E-state index contributed by atoms with van der Waals surface area (Å²) < 4.78 is 39.4. The van der Waals surface area contributed by atoms with Gasteiger partial charge in [0.25, 0.3) is 5.91 Å². The predicted octanol–water partition coefficient (Wildman–Crippen LogP) is 5.66. The summed E-state index contributed by atoms with van der Waals surface area (Å²) in [6, 6.07) is 15.3. The van der Waals surface area contributed by atoms with E-state index in [1.165, 1.54) is 24.3 Å². The number of alkyl halides is 3. The van der Waals surface area contributed by atoms with Crippen molar-refractivity contribution in [3.05, 3.63) is 70.8 Å². The van der Waals surface area contributed by atoms with E-state index in [1.807, 2.05) is 23.1 Å². The molecule has 2 aromatic rings. The molecule has 2 fully saturated rings. The van der Waals surface area contributed by atoms with Crippen LogP contribution in [0.4, 0.5) is 13.2 Å². The first-order chi connectivity index (χ1) is 15.6. The lowest BCUT2D eigenvalue weighted by molar-refractivity contribution is -0.258. The minimum absolute atomic E-state index is 0.0957. The topological polar surface area (TPSA) is 64.3 Å². The minimum Gasteiger partial charge on any atom is -0.376 e. The Morgan fingerprint density at radius 1 is 1.00 bits per heavy atom. The summed E-state index contributed by atoms with van der Waals surface area (Å²) in [5.41, 5.74) is -1.11. The summed E-state index contributed by atoms with van der Waals surface area (Å²) in [7, 11) is 0. The van der Waals surface area contributed by atoms with Crippen molar-refractivity contribution in [1.29, 1.82) is 5.26 Å². The normalized spacial score (nSPS) is 22.8. The van der Waals surface area contributed by atoms with E-state index in [9.17, 15) is 23.1 Å². The molecule has 7 heteroatoms. The van der Waals surface area contributed by atoms with Gasteiger partial charge in [-0.05, 0) is 86.8 Å². The zero-order chi connectivity index (χ0) is 23.8. The number of halogens is 3. The van der Waals surface area contributed by atoms with Crippen LogP contribution in [0.15, 0.2) is 48.5 Å². The SMILES string of the molecule is C[C@](O)(c1ccc(C(=O)N(C2CC2)[C@H]2CC[C@@H](c3cccc(C#N)c3)CC2)cc1)C(F)(F)F. The van der Waals surface area contributed by atoms with Crippen LogP contribution in [-0.4, -0.2) is 34.2 Å². The Kier molecular flexibility index (Phi) is 6.24. The average Bonchev–Trinajstić information content (AvgIpc) is 3.64. The van der Waals surface area contributed by atoms with Gasteiger partial charge in [0.15, 0.2) is 5.60 Å². The molecule has 4 nitrogen and oxygen atoms in total. The molecule has 0 radical (unpaired) electrons. The lowest BCUT2D eigenvalue weighted by atomic mass is 9.80. The molecule has 2 aliphatic carbocycles. The highest BCUT2D eigenvalue weighted by atomic mass is 19.4. The van der Waals surface area contributed by atoms with Gasteiger partial charge in [-0.1, -0.05) is 24.3 Å². The maximum atomic E-state index is 13.3. The van der Waals surface area contributed by atoms with Crippen LogP contribution in [0.3, 0.4) is 0 Å². The third-order valence-electron chi connectivity index (χ3n) is 7.00. The van der Waals surface area contributed by atoms with E-state index in [-0.39, 0.29) is 23.6 Å². The van der Waals surface area contributed by atoms with Crippen LogP contribution < -0.4 is 0 Å². The molecule has 1 amide bonds. The van der Waals surface area contributed by atoms with Gasteiger partial charge in [-0.3, -0.25) is 4.79 Å². The van der Waals surface area contributed by atoms with Gasteiger partial charge < -0.3 is 10.0 Å². The summed E-state index contributed by atoms with van der Waals surface area (Å²) in [4.78, 5) is 15.3. The van der Waals surface area contributed by atoms with Gasteiger partial charge in [0.1, 0.15) is 0 Å². The molecule has 4 rings (SSSR count). The minimum atomic E-state index is -4.80. The van der Waals surface area contributed by atoms with Crippen LogP contribution in [0, 0.1) is 11.3 Å². The van der Waals surface area contributed by atoms with Crippen molar-refractivity contribution in [2.75, 3.05) is 0 Å². The quantitative estimate of drug-likeness (QED) is 0.632. The smallest absolute Gasteiger partial charge is 0.376 e. The summed E-state index contributed by atoms with van der Waals surface area (Å²) >= 11 is 0. The fourth-order valence-electron chi connectivity index (χ4n) is 4.78. The Bertz CT molecular complexity index is 1040. The fraction of sp³-hybridized carbons (Fsp3) is 0.462. The molecule has 174 valence electrons. The van der Waals surface area contributed by atoms with Gasteiger partial charge in [0.05, 0.1) is 11.6 Å². The Morgan fingerprint density at radius 2 is 1.58 bits per heavy atom. The van der Waals surface area contributed by atoms with Crippen molar-refractivity contribution in [2.24, 2.45) is 0 Å². The predicted molar refractivity (Wildman–Crippen MR) is 117 cm³/mol. The number of hydrogen-bond donors (Lipinski definition) is 1. The van der Waals surface area contributed by atoms with Crippen LogP contribution in [0.25, 0.3) is 0 Å². The lowest BCUT2D eigenvalue weighted by Crippen LogP contribution is -2.44. The Hall–Kier alpha value is -2.85. The van der Waals surface area contributed by atoms with E-state index >= 15 is 0 Å².